The summed E-state index contributed by atoms with van der Waals surface area (Å²) in [5.41, 5.74) is 0. The summed E-state index contributed by atoms with van der Waals surface area (Å²) >= 11 is 0. The van der Waals surface area contributed by atoms with Crippen LogP contribution in [0.1, 0.15) is 32.6 Å². The van der Waals surface area contributed by atoms with Gasteiger partial charge in [0.25, 0.3) is 10.2 Å². The standard InChI is InChI=1S/C11H22N2O4S/c1-3-12-18(14,15)13(2)10-4-6-11(7-5-10)16-8-9-17-11/h10,12H,3-9H2,1-2H3. The molecular formula is C11H22N2O4S. The van der Waals surface area contributed by atoms with E-state index in [2.05, 4.69) is 4.72 Å². The second-order valence-corrected chi connectivity index (χ2v) is 6.67. The maximum absolute atomic E-state index is 11.9. The maximum Gasteiger partial charge on any atom is 0.279 e. The smallest absolute Gasteiger partial charge is 0.279 e. The molecule has 1 aliphatic carbocycles. The summed E-state index contributed by atoms with van der Waals surface area (Å²) in [4.78, 5) is 0. The Labute approximate surface area is 109 Å². The van der Waals surface area contributed by atoms with Crippen molar-refractivity contribution in [3.63, 3.8) is 0 Å². The van der Waals surface area contributed by atoms with E-state index in [9.17, 15) is 8.42 Å². The van der Waals surface area contributed by atoms with Crippen LogP contribution in [-0.4, -0.2) is 51.4 Å². The molecule has 1 heterocycles. The van der Waals surface area contributed by atoms with Gasteiger partial charge in [0.05, 0.1) is 13.2 Å². The number of hydrogen-bond acceptors (Lipinski definition) is 4. The highest BCUT2D eigenvalue weighted by Crippen LogP contribution is 2.37. The Morgan fingerprint density at radius 1 is 1.28 bits per heavy atom. The maximum atomic E-state index is 11.9. The van der Waals surface area contributed by atoms with E-state index in [0.29, 0.717) is 19.8 Å². The molecule has 18 heavy (non-hydrogen) atoms. The van der Waals surface area contributed by atoms with E-state index >= 15 is 0 Å². The van der Waals surface area contributed by atoms with E-state index in [1.807, 2.05) is 0 Å². The van der Waals surface area contributed by atoms with Crippen molar-refractivity contribution < 1.29 is 17.9 Å². The lowest BCUT2D eigenvalue weighted by Crippen LogP contribution is -2.48. The molecule has 0 bridgehead atoms. The van der Waals surface area contributed by atoms with Gasteiger partial charge in [0.15, 0.2) is 5.79 Å². The summed E-state index contributed by atoms with van der Waals surface area (Å²) in [6.45, 7) is 3.49. The van der Waals surface area contributed by atoms with Gasteiger partial charge in [-0.2, -0.15) is 12.7 Å². The molecule has 2 fully saturated rings. The molecule has 1 spiro atoms. The van der Waals surface area contributed by atoms with Crippen molar-refractivity contribution in [2.24, 2.45) is 0 Å². The highest BCUT2D eigenvalue weighted by Gasteiger charge is 2.42. The Balaban J connectivity index is 1.93. The predicted molar refractivity (Wildman–Crippen MR) is 67.3 cm³/mol. The largest absolute Gasteiger partial charge is 0.348 e. The van der Waals surface area contributed by atoms with E-state index < -0.39 is 16.0 Å². The first-order valence-electron chi connectivity index (χ1n) is 6.50. The molecule has 0 aromatic rings. The van der Waals surface area contributed by atoms with Gasteiger partial charge in [-0.25, -0.2) is 4.72 Å². The van der Waals surface area contributed by atoms with Crippen LogP contribution in [0.5, 0.6) is 0 Å². The van der Waals surface area contributed by atoms with Gasteiger partial charge in [0, 0.05) is 32.5 Å². The normalized spacial score (nSPS) is 25.1. The van der Waals surface area contributed by atoms with Gasteiger partial charge >= 0.3 is 0 Å². The lowest BCUT2D eigenvalue weighted by Gasteiger charge is -2.38. The first-order chi connectivity index (χ1) is 8.49. The summed E-state index contributed by atoms with van der Waals surface area (Å²) in [5, 5.41) is 0. The molecule has 0 aromatic carbocycles. The molecule has 0 aromatic heterocycles. The Morgan fingerprint density at radius 3 is 2.33 bits per heavy atom. The van der Waals surface area contributed by atoms with Crippen molar-refractivity contribution in [2.45, 2.75) is 44.4 Å². The van der Waals surface area contributed by atoms with Crippen molar-refractivity contribution in [3.05, 3.63) is 0 Å². The zero-order valence-corrected chi connectivity index (χ0v) is 11.8. The van der Waals surface area contributed by atoms with Crippen LogP contribution in [0, 0.1) is 0 Å². The van der Waals surface area contributed by atoms with Crippen LogP contribution >= 0.6 is 0 Å². The molecule has 7 heteroatoms. The minimum absolute atomic E-state index is 0.0347. The number of ether oxygens (including phenoxy) is 2. The molecule has 6 nitrogen and oxygen atoms in total. The fraction of sp³-hybridized carbons (Fsp3) is 1.00. The summed E-state index contributed by atoms with van der Waals surface area (Å²) < 4.78 is 39.0. The van der Waals surface area contributed by atoms with E-state index in [1.54, 1.807) is 14.0 Å². The molecule has 0 atom stereocenters. The average Bonchev–Trinajstić information content (AvgIpc) is 2.78. The fourth-order valence-corrected chi connectivity index (χ4v) is 3.84. The lowest BCUT2D eigenvalue weighted by atomic mass is 9.90. The SMILES string of the molecule is CCNS(=O)(=O)N(C)C1CCC2(CC1)OCCO2. The first kappa shape index (κ1) is 14.2. The third kappa shape index (κ3) is 2.85. The van der Waals surface area contributed by atoms with Crippen molar-refractivity contribution in [1.29, 1.82) is 0 Å². The van der Waals surface area contributed by atoms with Crippen LogP contribution in [0.4, 0.5) is 0 Å². The highest BCUT2D eigenvalue weighted by molar-refractivity contribution is 7.87. The molecule has 0 unspecified atom stereocenters. The molecule has 0 radical (unpaired) electrons. The van der Waals surface area contributed by atoms with E-state index in [-0.39, 0.29) is 6.04 Å². The molecule has 1 saturated carbocycles. The number of rotatable bonds is 4. The van der Waals surface area contributed by atoms with Crippen molar-refractivity contribution in [3.8, 4) is 0 Å². The van der Waals surface area contributed by atoms with Crippen molar-refractivity contribution in [2.75, 3.05) is 26.8 Å². The lowest BCUT2D eigenvalue weighted by molar-refractivity contribution is -0.181. The Morgan fingerprint density at radius 2 is 1.83 bits per heavy atom. The van der Waals surface area contributed by atoms with Crippen LogP contribution in [-0.2, 0) is 19.7 Å². The Hall–Kier alpha value is -0.210. The van der Waals surface area contributed by atoms with Gasteiger partial charge in [-0.15, -0.1) is 0 Å². The number of nitrogens with zero attached hydrogens (tertiary/aromatic N) is 1. The van der Waals surface area contributed by atoms with Gasteiger partial charge < -0.3 is 9.47 Å². The summed E-state index contributed by atoms with van der Waals surface area (Å²) in [5.74, 6) is -0.431. The molecule has 2 rings (SSSR count). The second-order valence-electron chi connectivity index (χ2n) is 4.86. The molecule has 106 valence electrons. The van der Waals surface area contributed by atoms with Crippen LogP contribution in [0.2, 0.25) is 0 Å². The molecule has 2 aliphatic rings. The molecule has 1 aliphatic heterocycles. The minimum atomic E-state index is -3.34. The molecule has 1 N–H and O–H groups in total. The fourth-order valence-electron chi connectivity index (χ4n) is 2.67. The quantitative estimate of drug-likeness (QED) is 0.811. The Kier molecular flexibility index (Phi) is 4.28. The Bertz CT molecular complexity index is 369. The number of nitrogens with one attached hydrogen (secondary N) is 1. The third-order valence-corrected chi connectivity index (χ3v) is 5.46. The van der Waals surface area contributed by atoms with Crippen molar-refractivity contribution in [1.82, 2.24) is 9.03 Å². The summed E-state index contributed by atoms with van der Waals surface area (Å²) in [6, 6.07) is 0.0347. The van der Waals surface area contributed by atoms with Gasteiger partial charge in [0.1, 0.15) is 0 Å². The van der Waals surface area contributed by atoms with Crippen LogP contribution in [0.3, 0.4) is 0 Å². The average molecular weight is 278 g/mol. The first-order valence-corrected chi connectivity index (χ1v) is 7.94. The minimum Gasteiger partial charge on any atom is -0.348 e. The zero-order chi connectivity index (χ0) is 13.2. The van der Waals surface area contributed by atoms with Crippen LogP contribution < -0.4 is 4.72 Å². The summed E-state index contributed by atoms with van der Waals surface area (Å²) in [6.07, 6.45) is 3.09. The predicted octanol–water partition coefficient (Wildman–Crippen LogP) is 0.458. The van der Waals surface area contributed by atoms with Crippen molar-refractivity contribution >= 4 is 10.2 Å². The monoisotopic (exact) mass is 278 g/mol. The highest BCUT2D eigenvalue weighted by atomic mass is 32.2. The van der Waals surface area contributed by atoms with Crippen LogP contribution in [0.25, 0.3) is 0 Å². The van der Waals surface area contributed by atoms with E-state index in [1.165, 1.54) is 4.31 Å². The van der Waals surface area contributed by atoms with Gasteiger partial charge in [0.2, 0.25) is 0 Å². The van der Waals surface area contributed by atoms with Crippen LogP contribution in [0.15, 0.2) is 0 Å². The summed E-state index contributed by atoms with van der Waals surface area (Å²) in [7, 11) is -1.71. The second kappa shape index (κ2) is 5.42. The topological polar surface area (TPSA) is 67.9 Å². The van der Waals surface area contributed by atoms with Gasteiger partial charge in [-0.3, -0.25) is 0 Å². The van der Waals surface area contributed by atoms with E-state index in [4.69, 9.17) is 9.47 Å². The molecule has 0 amide bonds. The number of hydrogen-bond donors (Lipinski definition) is 1. The third-order valence-electron chi connectivity index (χ3n) is 3.75. The van der Waals surface area contributed by atoms with E-state index in [0.717, 1.165) is 25.7 Å². The molecule has 1 saturated heterocycles. The zero-order valence-electron chi connectivity index (χ0n) is 11.0. The molecular weight excluding hydrogens is 256 g/mol. The van der Waals surface area contributed by atoms with Gasteiger partial charge in [-0.05, 0) is 12.8 Å². The van der Waals surface area contributed by atoms with Gasteiger partial charge in [-0.1, -0.05) is 6.92 Å².